The molecular formula is C13H19BrFN3O2. The molecule has 1 aromatic carbocycles. The Balaban J connectivity index is 2.64. The summed E-state index contributed by atoms with van der Waals surface area (Å²) in [6.45, 7) is 2.57. The molecule has 0 bridgehead atoms. The Hall–Kier alpha value is -1.18. The molecule has 0 aliphatic carbocycles. The van der Waals surface area contributed by atoms with Crippen LogP contribution in [0.1, 0.15) is 12.0 Å². The van der Waals surface area contributed by atoms with Crippen molar-refractivity contribution in [1.82, 2.24) is 4.90 Å². The third kappa shape index (κ3) is 5.85. The molecule has 1 rings (SSSR count). The number of ether oxygens (including phenoxy) is 1. The highest BCUT2D eigenvalue weighted by Gasteiger charge is 2.09. The molecule has 0 unspecified atom stereocenters. The second kappa shape index (κ2) is 8.89. The van der Waals surface area contributed by atoms with Gasteiger partial charge in [-0.15, -0.1) is 0 Å². The molecule has 3 N–H and O–H groups in total. The van der Waals surface area contributed by atoms with Gasteiger partial charge in [-0.3, -0.25) is 4.90 Å². The van der Waals surface area contributed by atoms with Gasteiger partial charge in [0.15, 0.2) is 0 Å². The second-order valence-electron chi connectivity index (χ2n) is 4.36. The second-order valence-corrected chi connectivity index (χ2v) is 5.21. The van der Waals surface area contributed by atoms with Crippen molar-refractivity contribution < 1.29 is 14.3 Å². The number of nitrogens with zero attached hydrogens (tertiary/aromatic N) is 2. The first kappa shape index (κ1) is 16.9. The van der Waals surface area contributed by atoms with Crippen molar-refractivity contribution in [3.05, 3.63) is 34.1 Å². The molecule has 20 heavy (non-hydrogen) atoms. The lowest BCUT2D eigenvalue weighted by Crippen LogP contribution is -2.30. The molecule has 0 aliphatic heterocycles. The first-order valence-corrected chi connectivity index (χ1v) is 6.97. The average molecular weight is 348 g/mol. The highest BCUT2D eigenvalue weighted by Crippen LogP contribution is 2.18. The van der Waals surface area contributed by atoms with Gasteiger partial charge in [0.2, 0.25) is 0 Å². The van der Waals surface area contributed by atoms with Crippen LogP contribution in [0.3, 0.4) is 0 Å². The fourth-order valence-electron chi connectivity index (χ4n) is 1.71. The van der Waals surface area contributed by atoms with Gasteiger partial charge in [0, 0.05) is 33.2 Å². The maximum absolute atomic E-state index is 13.2. The number of hydrogen-bond donors (Lipinski definition) is 2. The summed E-state index contributed by atoms with van der Waals surface area (Å²) in [7, 11) is 1.64. The lowest BCUT2D eigenvalue weighted by molar-refractivity contribution is 0.145. The van der Waals surface area contributed by atoms with Crippen molar-refractivity contribution in [2.24, 2.45) is 10.9 Å². The molecule has 0 spiro atoms. The first-order chi connectivity index (χ1) is 9.56. The fourth-order valence-corrected chi connectivity index (χ4v) is 2.14. The van der Waals surface area contributed by atoms with Crippen molar-refractivity contribution in [1.29, 1.82) is 0 Å². The van der Waals surface area contributed by atoms with Gasteiger partial charge in [-0.25, -0.2) is 4.39 Å². The van der Waals surface area contributed by atoms with E-state index in [0.717, 1.165) is 5.56 Å². The molecule has 1 aromatic rings. The number of amidine groups is 1. The van der Waals surface area contributed by atoms with Crippen LogP contribution in [0.5, 0.6) is 0 Å². The highest BCUT2D eigenvalue weighted by molar-refractivity contribution is 9.10. The van der Waals surface area contributed by atoms with Crippen LogP contribution < -0.4 is 5.73 Å². The van der Waals surface area contributed by atoms with Crippen LogP contribution in [0.25, 0.3) is 0 Å². The van der Waals surface area contributed by atoms with Crippen LogP contribution in [-0.4, -0.2) is 42.7 Å². The molecule has 0 atom stereocenters. The van der Waals surface area contributed by atoms with E-state index in [1.165, 1.54) is 6.07 Å². The molecule has 7 heteroatoms. The standard InChI is InChI=1S/C13H19BrFN3O2/c1-20-7-6-18(5-4-13(16)17-19)9-10-2-3-12(15)11(14)8-10/h2-3,8,19H,4-7,9H2,1H3,(H2,16,17). The van der Waals surface area contributed by atoms with Gasteiger partial charge in [-0.1, -0.05) is 11.2 Å². The summed E-state index contributed by atoms with van der Waals surface area (Å²) in [6.07, 6.45) is 0.461. The van der Waals surface area contributed by atoms with Crippen molar-refractivity contribution in [2.75, 3.05) is 26.8 Å². The van der Waals surface area contributed by atoms with Gasteiger partial charge in [0.25, 0.3) is 0 Å². The summed E-state index contributed by atoms with van der Waals surface area (Å²) in [5.41, 5.74) is 6.45. The molecule has 0 aliphatic rings. The topological polar surface area (TPSA) is 71.1 Å². The number of benzene rings is 1. The lowest BCUT2D eigenvalue weighted by atomic mass is 10.2. The quantitative estimate of drug-likeness (QED) is 0.327. The summed E-state index contributed by atoms with van der Waals surface area (Å²) in [5.74, 6) is -0.0958. The third-order valence-electron chi connectivity index (χ3n) is 2.81. The molecule has 112 valence electrons. The predicted molar refractivity (Wildman–Crippen MR) is 79.3 cm³/mol. The largest absolute Gasteiger partial charge is 0.409 e. The highest BCUT2D eigenvalue weighted by atomic mass is 79.9. The number of rotatable bonds is 8. The maximum Gasteiger partial charge on any atom is 0.140 e. The van der Waals surface area contributed by atoms with Gasteiger partial charge < -0.3 is 15.7 Å². The zero-order chi connectivity index (χ0) is 15.0. The predicted octanol–water partition coefficient (Wildman–Crippen LogP) is 2.17. The summed E-state index contributed by atoms with van der Waals surface area (Å²) < 4.78 is 18.7. The van der Waals surface area contributed by atoms with Crippen molar-refractivity contribution in [3.8, 4) is 0 Å². The number of hydrogen-bond acceptors (Lipinski definition) is 4. The zero-order valence-electron chi connectivity index (χ0n) is 11.4. The Morgan fingerprint density at radius 1 is 1.50 bits per heavy atom. The van der Waals surface area contributed by atoms with Crippen molar-refractivity contribution >= 4 is 21.8 Å². The zero-order valence-corrected chi connectivity index (χ0v) is 12.9. The average Bonchev–Trinajstić information content (AvgIpc) is 2.45. The fraction of sp³-hybridized carbons (Fsp3) is 0.462. The SMILES string of the molecule is COCCN(CCC(N)=NO)Cc1ccc(F)c(Br)c1. The Kier molecular flexibility index (Phi) is 7.50. The van der Waals surface area contributed by atoms with Gasteiger partial charge in [0.1, 0.15) is 11.7 Å². The minimum Gasteiger partial charge on any atom is -0.409 e. The van der Waals surface area contributed by atoms with Crippen LogP contribution in [0.15, 0.2) is 27.8 Å². The Labute approximate surface area is 126 Å². The van der Waals surface area contributed by atoms with E-state index in [1.54, 1.807) is 19.2 Å². The van der Waals surface area contributed by atoms with Crippen LogP contribution in [0.2, 0.25) is 0 Å². The molecule has 0 heterocycles. The molecule has 0 aromatic heterocycles. The molecule has 0 fully saturated rings. The molecule has 0 saturated heterocycles. The molecular weight excluding hydrogens is 329 g/mol. The van der Waals surface area contributed by atoms with Gasteiger partial charge in [0.05, 0.1) is 11.1 Å². The van der Waals surface area contributed by atoms with Gasteiger partial charge in [-0.2, -0.15) is 0 Å². The van der Waals surface area contributed by atoms with E-state index in [0.29, 0.717) is 37.1 Å². The smallest absolute Gasteiger partial charge is 0.140 e. The molecule has 5 nitrogen and oxygen atoms in total. The van der Waals surface area contributed by atoms with Crippen LogP contribution in [0.4, 0.5) is 4.39 Å². The summed E-state index contributed by atoms with van der Waals surface area (Å²) in [6, 6.07) is 4.92. The summed E-state index contributed by atoms with van der Waals surface area (Å²) in [4.78, 5) is 2.10. The van der Waals surface area contributed by atoms with Gasteiger partial charge in [-0.05, 0) is 33.6 Å². The third-order valence-corrected chi connectivity index (χ3v) is 3.42. The van der Waals surface area contributed by atoms with Crippen LogP contribution in [-0.2, 0) is 11.3 Å². The maximum atomic E-state index is 13.2. The van der Waals surface area contributed by atoms with Crippen LogP contribution in [0, 0.1) is 5.82 Å². The number of halogens is 2. The van der Waals surface area contributed by atoms with E-state index in [1.807, 2.05) is 0 Å². The van der Waals surface area contributed by atoms with E-state index in [-0.39, 0.29) is 11.7 Å². The van der Waals surface area contributed by atoms with E-state index in [4.69, 9.17) is 15.7 Å². The molecule has 0 radical (unpaired) electrons. The molecule has 0 saturated carbocycles. The minimum atomic E-state index is -0.283. The number of nitrogens with two attached hydrogens (primary N) is 1. The normalized spacial score (nSPS) is 12.1. The monoisotopic (exact) mass is 347 g/mol. The minimum absolute atomic E-state index is 0.188. The van der Waals surface area contributed by atoms with E-state index in [2.05, 4.69) is 26.0 Å². The Morgan fingerprint density at radius 2 is 2.25 bits per heavy atom. The number of methoxy groups -OCH3 is 1. The van der Waals surface area contributed by atoms with Crippen molar-refractivity contribution in [2.45, 2.75) is 13.0 Å². The first-order valence-electron chi connectivity index (χ1n) is 6.18. The van der Waals surface area contributed by atoms with E-state index < -0.39 is 0 Å². The Morgan fingerprint density at radius 3 is 2.85 bits per heavy atom. The van der Waals surface area contributed by atoms with Crippen molar-refractivity contribution in [3.63, 3.8) is 0 Å². The van der Waals surface area contributed by atoms with E-state index >= 15 is 0 Å². The molecule has 0 amide bonds. The van der Waals surface area contributed by atoms with Crippen LogP contribution >= 0.6 is 15.9 Å². The summed E-state index contributed by atoms with van der Waals surface area (Å²) in [5, 5.41) is 11.5. The lowest BCUT2D eigenvalue weighted by Gasteiger charge is -2.22. The Bertz CT molecular complexity index is 457. The number of oxime groups is 1. The van der Waals surface area contributed by atoms with Gasteiger partial charge >= 0.3 is 0 Å². The summed E-state index contributed by atoms with van der Waals surface area (Å²) >= 11 is 3.17. The van der Waals surface area contributed by atoms with E-state index in [9.17, 15) is 4.39 Å².